The SMILES string of the molecule is CCC(C)OCC(=O)N[C@@H]1CCC[C@@H]1NC(=O)CN(C)c1ccccc1. The number of carbonyl (C=O) groups excluding carboxylic acids is 2. The number of rotatable bonds is 9. The largest absolute Gasteiger partial charge is 0.369 e. The fraction of sp³-hybridized carbons (Fsp3) is 0.600. The number of ether oxygens (including phenoxy) is 1. The third kappa shape index (κ3) is 6.33. The molecule has 1 aromatic carbocycles. The first-order valence-electron chi connectivity index (χ1n) is 9.46. The van der Waals surface area contributed by atoms with Gasteiger partial charge in [-0.2, -0.15) is 0 Å². The van der Waals surface area contributed by atoms with E-state index in [-0.39, 0.29) is 43.2 Å². The minimum atomic E-state index is -0.113. The molecule has 1 aliphatic rings. The molecule has 0 aromatic heterocycles. The minimum absolute atomic E-state index is 0.0146. The molecule has 26 heavy (non-hydrogen) atoms. The van der Waals surface area contributed by atoms with Gasteiger partial charge in [0, 0.05) is 24.8 Å². The van der Waals surface area contributed by atoms with E-state index >= 15 is 0 Å². The number of para-hydroxylation sites is 1. The molecule has 0 bridgehead atoms. The predicted molar refractivity (Wildman–Crippen MR) is 103 cm³/mol. The number of nitrogens with one attached hydrogen (secondary N) is 2. The van der Waals surface area contributed by atoms with E-state index in [1.54, 1.807) is 0 Å². The molecule has 1 fully saturated rings. The van der Waals surface area contributed by atoms with Gasteiger partial charge in [0.1, 0.15) is 6.61 Å². The lowest BCUT2D eigenvalue weighted by molar-refractivity contribution is -0.128. The number of hydrogen-bond acceptors (Lipinski definition) is 4. The van der Waals surface area contributed by atoms with Crippen LogP contribution in [0.1, 0.15) is 39.5 Å². The average Bonchev–Trinajstić information content (AvgIpc) is 3.06. The highest BCUT2D eigenvalue weighted by Crippen LogP contribution is 2.19. The summed E-state index contributed by atoms with van der Waals surface area (Å²) in [6, 6.07) is 9.77. The molecule has 0 radical (unpaired) electrons. The van der Waals surface area contributed by atoms with E-state index in [1.807, 2.05) is 56.1 Å². The number of benzene rings is 1. The Morgan fingerprint density at radius 3 is 2.38 bits per heavy atom. The Hall–Kier alpha value is -2.08. The first kappa shape index (κ1) is 20.2. The molecule has 0 heterocycles. The van der Waals surface area contributed by atoms with Gasteiger partial charge < -0.3 is 20.3 Å². The van der Waals surface area contributed by atoms with Crippen molar-refractivity contribution in [1.82, 2.24) is 10.6 Å². The van der Waals surface area contributed by atoms with Crippen molar-refractivity contribution >= 4 is 17.5 Å². The van der Waals surface area contributed by atoms with Crippen molar-refractivity contribution in [2.75, 3.05) is 25.1 Å². The van der Waals surface area contributed by atoms with Gasteiger partial charge in [0.2, 0.25) is 11.8 Å². The minimum Gasteiger partial charge on any atom is -0.369 e. The zero-order chi connectivity index (χ0) is 18.9. The van der Waals surface area contributed by atoms with Crippen molar-refractivity contribution in [3.63, 3.8) is 0 Å². The first-order valence-corrected chi connectivity index (χ1v) is 9.46. The van der Waals surface area contributed by atoms with Gasteiger partial charge in [-0.1, -0.05) is 25.1 Å². The van der Waals surface area contributed by atoms with Gasteiger partial charge >= 0.3 is 0 Å². The highest BCUT2D eigenvalue weighted by Gasteiger charge is 2.30. The van der Waals surface area contributed by atoms with Crippen LogP contribution in [0.4, 0.5) is 5.69 Å². The maximum absolute atomic E-state index is 12.4. The van der Waals surface area contributed by atoms with Gasteiger partial charge in [0.25, 0.3) is 0 Å². The number of nitrogens with zero attached hydrogens (tertiary/aromatic N) is 1. The molecule has 1 unspecified atom stereocenters. The van der Waals surface area contributed by atoms with Gasteiger partial charge in [-0.05, 0) is 44.7 Å². The average molecular weight is 361 g/mol. The Morgan fingerprint density at radius 2 is 1.77 bits per heavy atom. The van der Waals surface area contributed by atoms with E-state index in [1.165, 1.54) is 0 Å². The highest BCUT2D eigenvalue weighted by atomic mass is 16.5. The Morgan fingerprint density at radius 1 is 1.15 bits per heavy atom. The molecule has 1 aliphatic carbocycles. The van der Waals surface area contributed by atoms with E-state index in [2.05, 4.69) is 10.6 Å². The first-order chi connectivity index (χ1) is 12.5. The van der Waals surface area contributed by atoms with E-state index in [0.717, 1.165) is 31.4 Å². The summed E-state index contributed by atoms with van der Waals surface area (Å²) >= 11 is 0. The third-order valence-electron chi connectivity index (χ3n) is 4.86. The second kappa shape index (κ2) is 10.2. The van der Waals surface area contributed by atoms with Gasteiger partial charge in [-0.15, -0.1) is 0 Å². The summed E-state index contributed by atoms with van der Waals surface area (Å²) in [6.07, 6.45) is 3.72. The summed E-state index contributed by atoms with van der Waals surface area (Å²) in [4.78, 5) is 26.3. The summed E-state index contributed by atoms with van der Waals surface area (Å²) in [6.45, 7) is 4.34. The quantitative estimate of drug-likeness (QED) is 0.707. The molecule has 0 aliphatic heterocycles. The van der Waals surface area contributed by atoms with Gasteiger partial charge in [-0.25, -0.2) is 0 Å². The van der Waals surface area contributed by atoms with Gasteiger partial charge in [-0.3, -0.25) is 9.59 Å². The number of carbonyl (C=O) groups is 2. The number of hydrogen-bond donors (Lipinski definition) is 2. The summed E-state index contributed by atoms with van der Waals surface area (Å²) in [5.41, 5.74) is 1.00. The zero-order valence-corrected chi connectivity index (χ0v) is 16.0. The summed E-state index contributed by atoms with van der Waals surface area (Å²) < 4.78 is 5.48. The van der Waals surface area contributed by atoms with Crippen LogP contribution >= 0.6 is 0 Å². The Bertz CT molecular complexity index is 579. The van der Waals surface area contributed by atoms with Crippen molar-refractivity contribution in [1.29, 1.82) is 0 Å². The van der Waals surface area contributed by atoms with Crippen LogP contribution in [0.15, 0.2) is 30.3 Å². The van der Waals surface area contributed by atoms with E-state index in [0.29, 0.717) is 0 Å². The van der Waals surface area contributed by atoms with Crippen LogP contribution in [-0.4, -0.2) is 50.2 Å². The predicted octanol–water partition coefficient (Wildman–Crippen LogP) is 2.09. The summed E-state index contributed by atoms with van der Waals surface area (Å²) in [7, 11) is 1.90. The summed E-state index contributed by atoms with van der Waals surface area (Å²) in [5.74, 6) is -0.142. The van der Waals surface area contributed by atoms with Crippen LogP contribution in [0.5, 0.6) is 0 Å². The normalized spacial score (nSPS) is 20.4. The van der Waals surface area contributed by atoms with E-state index < -0.39 is 0 Å². The molecular formula is C20H31N3O3. The van der Waals surface area contributed by atoms with E-state index in [4.69, 9.17) is 4.74 Å². The van der Waals surface area contributed by atoms with Crippen molar-refractivity contribution in [3.05, 3.63) is 30.3 Å². The van der Waals surface area contributed by atoms with Crippen LogP contribution in [0.3, 0.4) is 0 Å². The van der Waals surface area contributed by atoms with Crippen LogP contribution in [0.2, 0.25) is 0 Å². The number of anilines is 1. The molecular weight excluding hydrogens is 330 g/mol. The van der Waals surface area contributed by atoms with Crippen LogP contribution in [-0.2, 0) is 14.3 Å². The lowest BCUT2D eigenvalue weighted by atomic mass is 10.1. The van der Waals surface area contributed by atoms with Crippen LogP contribution in [0.25, 0.3) is 0 Å². The molecule has 6 heteroatoms. The van der Waals surface area contributed by atoms with E-state index in [9.17, 15) is 9.59 Å². The fourth-order valence-corrected chi connectivity index (χ4v) is 3.13. The van der Waals surface area contributed by atoms with Crippen LogP contribution in [0, 0.1) is 0 Å². The standard InChI is InChI=1S/C20H31N3O3/c1-4-15(2)26-14-20(25)22-18-12-8-11-17(18)21-19(24)13-23(3)16-9-6-5-7-10-16/h5-7,9-10,15,17-18H,4,8,11-14H2,1-3H3,(H,21,24)(H,22,25)/t15?,17-,18+/m0/s1. The maximum Gasteiger partial charge on any atom is 0.246 e. The summed E-state index contributed by atoms with van der Waals surface area (Å²) in [5, 5.41) is 6.08. The van der Waals surface area contributed by atoms with Crippen molar-refractivity contribution < 1.29 is 14.3 Å². The Balaban J connectivity index is 1.78. The molecule has 1 saturated carbocycles. The molecule has 2 N–H and O–H groups in total. The molecule has 2 rings (SSSR count). The number of likely N-dealkylation sites (N-methyl/N-ethyl adjacent to an activating group) is 1. The smallest absolute Gasteiger partial charge is 0.246 e. The van der Waals surface area contributed by atoms with Gasteiger partial charge in [0.15, 0.2) is 0 Å². The van der Waals surface area contributed by atoms with Crippen LogP contribution < -0.4 is 15.5 Å². The fourth-order valence-electron chi connectivity index (χ4n) is 3.13. The Labute approximate surface area is 156 Å². The molecule has 3 atom stereocenters. The second-order valence-corrected chi connectivity index (χ2v) is 7.00. The Kier molecular flexibility index (Phi) is 7.91. The second-order valence-electron chi connectivity index (χ2n) is 7.00. The lowest BCUT2D eigenvalue weighted by Gasteiger charge is -2.25. The lowest BCUT2D eigenvalue weighted by Crippen LogP contribution is -2.51. The third-order valence-corrected chi connectivity index (χ3v) is 4.86. The monoisotopic (exact) mass is 361 g/mol. The van der Waals surface area contributed by atoms with Crippen molar-refractivity contribution in [3.8, 4) is 0 Å². The molecule has 0 saturated heterocycles. The topological polar surface area (TPSA) is 70.7 Å². The zero-order valence-electron chi connectivity index (χ0n) is 16.0. The molecule has 6 nitrogen and oxygen atoms in total. The molecule has 144 valence electrons. The molecule has 0 spiro atoms. The maximum atomic E-state index is 12.4. The number of amides is 2. The van der Waals surface area contributed by atoms with Crippen molar-refractivity contribution in [2.45, 2.75) is 57.7 Å². The highest BCUT2D eigenvalue weighted by molar-refractivity contribution is 5.82. The van der Waals surface area contributed by atoms with Crippen molar-refractivity contribution in [2.24, 2.45) is 0 Å². The van der Waals surface area contributed by atoms with Gasteiger partial charge in [0.05, 0.1) is 12.6 Å². The molecule has 1 aromatic rings. The molecule has 2 amide bonds.